The Morgan fingerprint density at radius 1 is 1.31 bits per heavy atom. The van der Waals surface area contributed by atoms with E-state index in [0.29, 0.717) is 0 Å². The molecule has 0 heterocycles. The molecular weight excluding hydrogens is 155 g/mol. The first kappa shape index (κ1) is 10.1. The minimum atomic E-state index is 1.08. The van der Waals surface area contributed by atoms with Gasteiger partial charge in [-0.1, -0.05) is 55.5 Å². The molecule has 13 heavy (non-hydrogen) atoms. The monoisotopic (exact) mass is 172 g/mol. The van der Waals surface area contributed by atoms with Crippen molar-refractivity contribution in [3.05, 3.63) is 42.5 Å². The van der Waals surface area contributed by atoms with Crippen molar-refractivity contribution < 1.29 is 0 Å². The minimum absolute atomic E-state index is 1.08. The highest BCUT2D eigenvalue weighted by molar-refractivity contribution is 6.53. The lowest BCUT2D eigenvalue weighted by Gasteiger charge is -2.00. The van der Waals surface area contributed by atoms with Gasteiger partial charge in [-0.3, -0.25) is 0 Å². The van der Waals surface area contributed by atoms with Crippen molar-refractivity contribution in [3.63, 3.8) is 0 Å². The Labute approximate surface area is 81.9 Å². The van der Waals surface area contributed by atoms with E-state index in [4.69, 9.17) is 0 Å². The van der Waals surface area contributed by atoms with Crippen LogP contribution in [0.15, 0.2) is 36.9 Å². The molecule has 0 atom stereocenters. The average molecular weight is 172 g/mol. The number of benzene rings is 1. The maximum Gasteiger partial charge on any atom is 0.161 e. The smallest absolute Gasteiger partial charge is 0.104 e. The second kappa shape index (κ2) is 5.63. The van der Waals surface area contributed by atoms with Gasteiger partial charge in [0.25, 0.3) is 0 Å². The predicted molar refractivity (Wildman–Crippen MR) is 62.2 cm³/mol. The van der Waals surface area contributed by atoms with Crippen LogP contribution in [-0.2, 0) is 6.42 Å². The maximum absolute atomic E-state index is 3.72. The fourth-order valence-electron chi connectivity index (χ4n) is 1.43. The SMILES string of the molecule is C=CCBc1ccc(CCC)cc1. The molecule has 0 spiro atoms. The van der Waals surface area contributed by atoms with Crippen LogP contribution in [0.4, 0.5) is 0 Å². The molecule has 1 aromatic rings. The van der Waals surface area contributed by atoms with Gasteiger partial charge in [0, 0.05) is 0 Å². The molecule has 0 fully saturated rings. The molecule has 1 rings (SSSR count). The van der Waals surface area contributed by atoms with E-state index < -0.39 is 0 Å². The van der Waals surface area contributed by atoms with E-state index in [1.165, 1.54) is 23.9 Å². The van der Waals surface area contributed by atoms with Crippen molar-refractivity contribution in [2.75, 3.05) is 0 Å². The summed E-state index contributed by atoms with van der Waals surface area (Å²) in [4.78, 5) is 0. The third-order valence-electron chi connectivity index (χ3n) is 2.20. The van der Waals surface area contributed by atoms with Gasteiger partial charge in [0.1, 0.15) is 0 Å². The number of hydrogen-bond acceptors (Lipinski definition) is 0. The van der Waals surface area contributed by atoms with Crippen LogP contribution in [0.25, 0.3) is 0 Å². The van der Waals surface area contributed by atoms with Crippen LogP contribution >= 0.6 is 0 Å². The lowest BCUT2D eigenvalue weighted by Crippen LogP contribution is -2.12. The number of hydrogen-bond donors (Lipinski definition) is 0. The standard InChI is InChI=1S/C12H17B/c1-3-5-11-6-8-12(9-7-11)13-10-4-2/h4,6-9,13H,2-3,5,10H2,1H3. The van der Waals surface area contributed by atoms with Crippen molar-refractivity contribution in [1.29, 1.82) is 0 Å². The Bertz CT molecular complexity index is 248. The van der Waals surface area contributed by atoms with Crippen LogP contribution in [0.2, 0.25) is 6.32 Å². The second-order valence-corrected chi connectivity index (χ2v) is 3.39. The van der Waals surface area contributed by atoms with Gasteiger partial charge in [-0.25, -0.2) is 0 Å². The Morgan fingerprint density at radius 2 is 2.00 bits per heavy atom. The molecule has 0 aliphatic rings. The van der Waals surface area contributed by atoms with Crippen molar-refractivity contribution in [3.8, 4) is 0 Å². The zero-order valence-electron chi connectivity index (χ0n) is 8.42. The Balaban J connectivity index is 2.53. The van der Waals surface area contributed by atoms with Gasteiger partial charge < -0.3 is 0 Å². The molecule has 0 aliphatic carbocycles. The van der Waals surface area contributed by atoms with Gasteiger partial charge >= 0.3 is 0 Å². The molecule has 1 heteroatoms. The van der Waals surface area contributed by atoms with Gasteiger partial charge in [-0.2, -0.15) is 0 Å². The summed E-state index contributed by atoms with van der Waals surface area (Å²) in [5, 5.41) is 0. The van der Waals surface area contributed by atoms with Crippen LogP contribution in [0.5, 0.6) is 0 Å². The van der Waals surface area contributed by atoms with Crippen LogP contribution < -0.4 is 5.46 Å². The molecule has 0 unspecified atom stereocenters. The van der Waals surface area contributed by atoms with E-state index in [1.54, 1.807) is 0 Å². The van der Waals surface area contributed by atoms with Crippen LogP contribution in [-0.4, -0.2) is 7.28 Å². The molecule has 0 bridgehead atoms. The lowest BCUT2D eigenvalue weighted by molar-refractivity contribution is 0.922. The van der Waals surface area contributed by atoms with E-state index in [1.807, 2.05) is 6.08 Å². The van der Waals surface area contributed by atoms with Crippen LogP contribution in [0.3, 0.4) is 0 Å². The Hall–Kier alpha value is -0.975. The van der Waals surface area contributed by atoms with Gasteiger partial charge in [0.15, 0.2) is 7.28 Å². The minimum Gasteiger partial charge on any atom is -0.104 e. The summed E-state index contributed by atoms with van der Waals surface area (Å²) < 4.78 is 0. The second-order valence-electron chi connectivity index (χ2n) is 3.39. The molecule has 0 aromatic heterocycles. The fourth-order valence-corrected chi connectivity index (χ4v) is 1.43. The van der Waals surface area contributed by atoms with Gasteiger partial charge in [0.2, 0.25) is 0 Å². The van der Waals surface area contributed by atoms with Crippen LogP contribution in [0.1, 0.15) is 18.9 Å². The molecular formula is C12H17B. The highest BCUT2D eigenvalue weighted by Crippen LogP contribution is 2.00. The van der Waals surface area contributed by atoms with Crippen molar-refractivity contribution >= 4 is 12.7 Å². The Morgan fingerprint density at radius 3 is 2.54 bits per heavy atom. The van der Waals surface area contributed by atoms with Crippen LogP contribution in [0, 0.1) is 0 Å². The van der Waals surface area contributed by atoms with Gasteiger partial charge in [-0.05, 0) is 12.0 Å². The fraction of sp³-hybridized carbons (Fsp3) is 0.333. The first-order chi connectivity index (χ1) is 6.36. The summed E-state index contributed by atoms with van der Waals surface area (Å²) in [5.74, 6) is 0. The van der Waals surface area contributed by atoms with Crippen molar-refractivity contribution in [2.45, 2.75) is 26.1 Å². The molecule has 1 aromatic carbocycles. The summed E-state index contributed by atoms with van der Waals surface area (Å²) in [6.07, 6.45) is 5.47. The zero-order chi connectivity index (χ0) is 9.52. The van der Waals surface area contributed by atoms with Gasteiger partial charge in [0.05, 0.1) is 0 Å². The zero-order valence-corrected chi connectivity index (χ0v) is 8.42. The van der Waals surface area contributed by atoms with Crippen molar-refractivity contribution in [1.82, 2.24) is 0 Å². The third kappa shape index (κ3) is 3.50. The number of rotatable bonds is 5. The molecule has 0 N–H and O–H groups in total. The van der Waals surface area contributed by atoms with E-state index in [9.17, 15) is 0 Å². The topological polar surface area (TPSA) is 0 Å². The van der Waals surface area contributed by atoms with Crippen molar-refractivity contribution in [2.24, 2.45) is 0 Å². The van der Waals surface area contributed by atoms with E-state index in [2.05, 4.69) is 37.8 Å². The molecule has 68 valence electrons. The molecule has 0 aliphatic heterocycles. The van der Waals surface area contributed by atoms with E-state index in [0.717, 1.165) is 13.6 Å². The summed E-state index contributed by atoms with van der Waals surface area (Å²) in [6, 6.07) is 8.94. The molecule has 0 radical (unpaired) electrons. The molecule has 0 nitrogen and oxygen atoms in total. The number of allylic oxidation sites excluding steroid dienone is 1. The molecule has 0 amide bonds. The number of aryl methyl sites for hydroxylation is 1. The van der Waals surface area contributed by atoms with Gasteiger partial charge in [-0.15, -0.1) is 6.58 Å². The summed E-state index contributed by atoms with van der Waals surface area (Å²) in [6.45, 7) is 5.94. The predicted octanol–water partition coefficient (Wildman–Crippen LogP) is 2.31. The first-order valence-electron chi connectivity index (χ1n) is 5.05. The van der Waals surface area contributed by atoms with E-state index >= 15 is 0 Å². The average Bonchev–Trinajstić information content (AvgIpc) is 2.17. The highest BCUT2D eigenvalue weighted by Gasteiger charge is 1.94. The lowest BCUT2D eigenvalue weighted by atomic mass is 9.67. The summed E-state index contributed by atoms with van der Waals surface area (Å²) >= 11 is 0. The normalized spacial score (nSPS) is 9.62. The third-order valence-corrected chi connectivity index (χ3v) is 2.20. The molecule has 0 saturated carbocycles. The molecule has 0 saturated heterocycles. The highest BCUT2D eigenvalue weighted by atomic mass is 13.9. The Kier molecular flexibility index (Phi) is 4.38. The maximum atomic E-state index is 3.72. The summed E-state index contributed by atoms with van der Waals surface area (Å²) in [5.41, 5.74) is 2.87. The van der Waals surface area contributed by atoms with E-state index in [-0.39, 0.29) is 0 Å². The largest absolute Gasteiger partial charge is 0.161 e. The first-order valence-corrected chi connectivity index (χ1v) is 5.05. The summed E-state index contributed by atoms with van der Waals surface area (Å²) in [7, 11) is 1.12. The quantitative estimate of drug-likeness (QED) is 0.472.